The van der Waals surface area contributed by atoms with E-state index in [4.69, 9.17) is 0 Å². The third-order valence-corrected chi connectivity index (χ3v) is 6.29. The minimum absolute atomic E-state index is 0.309. The first-order chi connectivity index (χ1) is 8.59. The maximum Gasteiger partial charge on any atom is 0.251 e. The number of rotatable bonds is 6. The molecule has 0 spiro atoms. The molecule has 9 heteroatoms. The first-order valence-electron chi connectivity index (χ1n) is 5.16. The molecule has 0 aromatic carbocycles. The van der Waals surface area contributed by atoms with E-state index < -0.39 is 10.0 Å². The molecule has 0 saturated heterocycles. The molecule has 1 N–H and O–H groups in total. The average Bonchev–Trinajstić information content (AvgIpc) is 2.95. The molecule has 2 aromatic heterocycles. The lowest BCUT2D eigenvalue weighted by Crippen LogP contribution is -2.25. The van der Waals surface area contributed by atoms with Crippen LogP contribution in [-0.4, -0.2) is 30.0 Å². The molecule has 6 nitrogen and oxygen atoms in total. The number of nitrogens with one attached hydrogen (secondary N) is 1. The van der Waals surface area contributed by atoms with Gasteiger partial charge in [-0.15, -0.1) is 16.4 Å². The van der Waals surface area contributed by atoms with E-state index in [0.717, 1.165) is 0 Å². The normalized spacial score (nSPS) is 11.8. The van der Waals surface area contributed by atoms with E-state index in [9.17, 15) is 8.42 Å². The van der Waals surface area contributed by atoms with E-state index >= 15 is 0 Å². The average molecular weight is 351 g/mol. The van der Waals surface area contributed by atoms with Crippen LogP contribution >= 0.6 is 27.3 Å². The van der Waals surface area contributed by atoms with Crippen molar-refractivity contribution < 1.29 is 8.42 Å². The van der Waals surface area contributed by atoms with Crippen LogP contribution < -0.4 is 4.72 Å². The molecule has 0 aliphatic heterocycles. The highest BCUT2D eigenvalue weighted by molar-refractivity contribution is 9.10. The molecule has 18 heavy (non-hydrogen) atoms. The van der Waals surface area contributed by atoms with E-state index in [2.05, 4.69) is 31.0 Å². The molecular formula is C9H11BrN4O2S2. The van der Waals surface area contributed by atoms with Crippen LogP contribution in [-0.2, 0) is 16.6 Å². The predicted octanol–water partition coefficient (Wildman–Crippen LogP) is 1.47. The van der Waals surface area contributed by atoms with E-state index in [1.165, 1.54) is 11.3 Å². The lowest BCUT2D eigenvalue weighted by molar-refractivity contribution is 0.543. The van der Waals surface area contributed by atoms with E-state index in [1.54, 1.807) is 28.5 Å². The van der Waals surface area contributed by atoms with Gasteiger partial charge in [0.05, 0.1) is 6.20 Å². The van der Waals surface area contributed by atoms with Crippen LogP contribution in [0, 0.1) is 0 Å². The Kier molecular flexibility index (Phi) is 4.49. The minimum atomic E-state index is -3.41. The number of hydrogen-bond donors (Lipinski definition) is 1. The van der Waals surface area contributed by atoms with Crippen molar-refractivity contribution in [3.05, 3.63) is 28.3 Å². The Labute approximate surface area is 117 Å². The van der Waals surface area contributed by atoms with Gasteiger partial charge in [0.25, 0.3) is 10.0 Å². The van der Waals surface area contributed by atoms with Crippen LogP contribution in [0.25, 0.3) is 0 Å². The first kappa shape index (κ1) is 13.7. The number of halogens is 1. The smallest absolute Gasteiger partial charge is 0.251 e. The Bertz CT molecular complexity index is 594. The summed E-state index contributed by atoms with van der Waals surface area (Å²) in [5, 5.41) is 9.20. The number of sulfonamides is 1. The number of hydrogen-bond acceptors (Lipinski definition) is 5. The summed E-state index contributed by atoms with van der Waals surface area (Å²) in [6.45, 7) is 1.00. The fourth-order valence-corrected chi connectivity index (χ4v) is 4.79. The second-order valence-electron chi connectivity index (χ2n) is 3.47. The Morgan fingerprint density at radius 1 is 1.50 bits per heavy atom. The number of aromatic nitrogens is 3. The maximum absolute atomic E-state index is 11.9. The van der Waals surface area contributed by atoms with Crippen LogP contribution in [0.4, 0.5) is 0 Å². The standard InChI is InChI=1S/C9H11BrN4O2S2/c10-8-2-7-17-9(8)18(15,16)12-3-1-5-14-6-4-11-13-14/h2,4,6-7,12H,1,3,5H2. The van der Waals surface area contributed by atoms with Gasteiger partial charge in [0.15, 0.2) is 0 Å². The Balaban J connectivity index is 1.85. The van der Waals surface area contributed by atoms with Crippen LogP contribution in [0.15, 0.2) is 32.5 Å². The molecule has 2 rings (SSSR count). The van der Waals surface area contributed by atoms with Gasteiger partial charge in [0.1, 0.15) is 4.21 Å². The third kappa shape index (κ3) is 3.37. The molecule has 0 aliphatic rings. The highest BCUT2D eigenvalue weighted by atomic mass is 79.9. The van der Waals surface area contributed by atoms with E-state index in [0.29, 0.717) is 28.2 Å². The van der Waals surface area contributed by atoms with Crippen molar-refractivity contribution in [3.8, 4) is 0 Å². The van der Waals surface area contributed by atoms with Gasteiger partial charge in [0.2, 0.25) is 0 Å². The highest BCUT2D eigenvalue weighted by Crippen LogP contribution is 2.27. The van der Waals surface area contributed by atoms with Crippen molar-refractivity contribution in [2.24, 2.45) is 0 Å². The van der Waals surface area contributed by atoms with Gasteiger partial charge in [0, 0.05) is 23.8 Å². The van der Waals surface area contributed by atoms with Gasteiger partial charge >= 0.3 is 0 Å². The summed E-state index contributed by atoms with van der Waals surface area (Å²) in [5.74, 6) is 0. The summed E-state index contributed by atoms with van der Waals surface area (Å²) >= 11 is 4.40. The molecule has 0 saturated carbocycles. The summed E-state index contributed by atoms with van der Waals surface area (Å²) in [7, 11) is -3.41. The van der Waals surface area contributed by atoms with Gasteiger partial charge in [-0.2, -0.15) is 0 Å². The summed E-state index contributed by atoms with van der Waals surface area (Å²) in [5.41, 5.74) is 0. The SMILES string of the molecule is O=S(=O)(NCCCn1ccnn1)c1sccc1Br. The van der Waals surface area contributed by atoms with Crippen LogP contribution in [0.2, 0.25) is 0 Å². The lowest BCUT2D eigenvalue weighted by Gasteiger charge is -2.05. The molecule has 2 aromatic rings. The fourth-order valence-electron chi connectivity index (χ4n) is 1.34. The fraction of sp³-hybridized carbons (Fsp3) is 0.333. The first-order valence-corrected chi connectivity index (χ1v) is 8.32. The molecule has 0 unspecified atom stereocenters. The zero-order chi connectivity index (χ0) is 13.0. The largest absolute Gasteiger partial charge is 0.253 e. The van der Waals surface area contributed by atoms with Crippen LogP contribution in [0.3, 0.4) is 0 Å². The van der Waals surface area contributed by atoms with Crippen molar-refractivity contribution in [1.29, 1.82) is 0 Å². The molecule has 0 atom stereocenters. The van der Waals surface area contributed by atoms with Crippen molar-refractivity contribution in [3.63, 3.8) is 0 Å². The molecule has 0 bridgehead atoms. The monoisotopic (exact) mass is 350 g/mol. The van der Waals surface area contributed by atoms with E-state index in [1.807, 2.05) is 0 Å². The second kappa shape index (κ2) is 5.91. The van der Waals surface area contributed by atoms with Gasteiger partial charge < -0.3 is 0 Å². The summed E-state index contributed by atoms with van der Waals surface area (Å²) in [6, 6.07) is 1.72. The van der Waals surface area contributed by atoms with Crippen molar-refractivity contribution in [1.82, 2.24) is 19.7 Å². The molecular weight excluding hydrogens is 340 g/mol. The van der Waals surface area contributed by atoms with Gasteiger partial charge in [-0.05, 0) is 33.8 Å². The third-order valence-electron chi connectivity index (χ3n) is 2.16. The Hall–Kier alpha value is -0.770. The van der Waals surface area contributed by atoms with E-state index in [-0.39, 0.29) is 0 Å². The molecule has 0 radical (unpaired) electrons. The lowest BCUT2D eigenvalue weighted by atomic mass is 10.4. The quantitative estimate of drug-likeness (QED) is 0.800. The van der Waals surface area contributed by atoms with Crippen LogP contribution in [0.5, 0.6) is 0 Å². The number of thiophene rings is 1. The number of aryl methyl sites for hydroxylation is 1. The molecule has 98 valence electrons. The zero-order valence-electron chi connectivity index (χ0n) is 9.28. The predicted molar refractivity (Wildman–Crippen MR) is 71.8 cm³/mol. The summed E-state index contributed by atoms with van der Waals surface area (Å²) in [6.07, 6.45) is 3.99. The molecule has 0 fully saturated rings. The second-order valence-corrected chi connectivity index (χ2v) is 7.21. The minimum Gasteiger partial charge on any atom is -0.253 e. The molecule has 0 aliphatic carbocycles. The van der Waals surface area contributed by atoms with Gasteiger partial charge in [-0.1, -0.05) is 5.21 Å². The summed E-state index contributed by atoms with van der Waals surface area (Å²) < 4.78 is 28.9. The maximum atomic E-state index is 11.9. The molecule has 2 heterocycles. The van der Waals surface area contributed by atoms with Crippen molar-refractivity contribution >= 4 is 37.3 Å². The number of nitrogens with zero attached hydrogens (tertiary/aromatic N) is 3. The molecule has 0 amide bonds. The van der Waals surface area contributed by atoms with Crippen LogP contribution in [0.1, 0.15) is 6.42 Å². The Morgan fingerprint density at radius 2 is 2.33 bits per heavy atom. The van der Waals surface area contributed by atoms with Crippen molar-refractivity contribution in [2.45, 2.75) is 17.2 Å². The summed E-state index contributed by atoms with van der Waals surface area (Å²) in [4.78, 5) is 0. The topological polar surface area (TPSA) is 76.9 Å². The van der Waals surface area contributed by atoms with Gasteiger partial charge in [-0.25, -0.2) is 13.1 Å². The van der Waals surface area contributed by atoms with Gasteiger partial charge in [-0.3, -0.25) is 4.68 Å². The van der Waals surface area contributed by atoms with Crippen molar-refractivity contribution in [2.75, 3.05) is 6.54 Å². The highest BCUT2D eigenvalue weighted by Gasteiger charge is 2.18. The Morgan fingerprint density at radius 3 is 2.94 bits per heavy atom. The zero-order valence-corrected chi connectivity index (χ0v) is 12.5.